The minimum atomic E-state index is 0.137. The number of aromatic nitrogens is 5. The predicted molar refractivity (Wildman–Crippen MR) is 128 cm³/mol. The first kappa shape index (κ1) is 21.0. The Balaban J connectivity index is 1.34. The minimum Gasteiger partial charge on any atom is -0.488 e. The molecule has 9 heteroatoms. The number of pyridine rings is 2. The second-order valence-corrected chi connectivity index (χ2v) is 9.04. The molecule has 4 aromatic heterocycles. The van der Waals surface area contributed by atoms with E-state index in [1.165, 1.54) is 6.33 Å². The fraction of sp³-hybridized carbons (Fsp3) is 0.360. The number of hydrogen-bond acceptors (Lipinski definition) is 8. The normalized spacial score (nSPS) is 22.6. The molecule has 2 saturated heterocycles. The number of rotatable bonds is 5. The lowest BCUT2D eigenvalue weighted by Crippen LogP contribution is -2.57. The third-order valence-corrected chi connectivity index (χ3v) is 6.77. The largest absolute Gasteiger partial charge is 0.488 e. The fourth-order valence-corrected chi connectivity index (χ4v) is 4.97. The number of likely N-dealkylation sites (N-methyl/N-ethyl adjacent to an activating group) is 1. The summed E-state index contributed by atoms with van der Waals surface area (Å²) in [7, 11) is 2.19. The number of nitrogens with one attached hydrogen (secondary N) is 1. The van der Waals surface area contributed by atoms with Gasteiger partial charge in [-0.25, -0.2) is 14.5 Å². The van der Waals surface area contributed by atoms with Crippen molar-refractivity contribution < 1.29 is 9.47 Å². The third-order valence-electron chi connectivity index (χ3n) is 6.77. The molecule has 2 bridgehead atoms. The molecule has 1 N–H and O–H groups in total. The molecule has 0 aliphatic carbocycles. The van der Waals surface area contributed by atoms with Crippen molar-refractivity contribution in [2.45, 2.75) is 38.0 Å². The SMILES string of the molecule is Cc1cc(-c2cccn3nc(Nc4ccncn4)cc23)c(OC2CC3COCC(C2)N3C)cn1. The van der Waals surface area contributed by atoms with E-state index in [0.29, 0.717) is 23.7 Å². The van der Waals surface area contributed by atoms with E-state index in [1.54, 1.807) is 6.20 Å². The zero-order chi connectivity index (χ0) is 23.1. The molecule has 0 amide bonds. The third kappa shape index (κ3) is 3.97. The first-order valence-electron chi connectivity index (χ1n) is 11.6. The van der Waals surface area contributed by atoms with E-state index in [9.17, 15) is 0 Å². The summed E-state index contributed by atoms with van der Waals surface area (Å²) in [6.45, 7) is 3.54. The summed E-state index contributed by atoms with van der Waals surface area (Å²) in [5.74, 6) is 2.21. The molecular weight excluding hydrogens is 430 g/mol. The smallest absolute Gasteiger partial charge is 0.154 e. The van der Waals surface area contributed by atoms with Gasteiger partial charge in [-0.1, -0.05) is 6.07 Å². The zero-order valence-corrected chi connectivity index (χ0v) is 19.3. The van der Waals surface area contributed by atoms with Crippen LogP contribution in [0.3, 0.4) is 0 Å². The Kier molecular flexibility index (Phi) is 5.35. The maximum absolute atomic E-state index is 6.62. The van der Waals surface area contributed by atoms with Gasteiger partial charge in [0.05, 0.1) is 24.9 Å². The molecule has 0 radical (unpaired) electrons. The quantitative estimate of drug-likeness (QED) is 0.487. The number of aryl methyl sites for hydroxylation is 1. The Morgan fingerprint density at radius 1 is 1.06 bits per heavy atom. The molecule has 2 aliphatic heterocycles. The van der Waals surface area contributed by atoms with Crippen molar-refractivity contribution in [2.24, 2.45) is 0 Å². The van der Waals surface area contributed by atoms with Crippen LogP contribution in [0.1, 0.15) is 18.5 Å². The van der Waals surface area contributed by atoms with Gasteiger partial charge in [0.15, 0.2) is 5.82 Å². The van der Waals surface area contributed by atoms with Crippen LogP contribution in [0.4, 0.5) is 11.6 Å². The van der Waals surface area contributed by atoms with E-state index in [0.717, 1.165) is 54.1 Å². The van der Waals surface area contributed by atoms with E-state index in [1.807, 2.05) is 42.0 Å². The summed E-state index contributed by atoms with van der Waals surface area (Å²) >= 11 is 0. The van der Waals surface area contributed by atoms with Crippen LogP contribution in [0.2, 0.25) is 0 Å². The Hall–Kier alpha value is -3.56. The molecule has 2 unspecified atom stereocenters. The second kappa shape index (κ2) is 8.66. The molecule has 2 atom stereocenters. The van der Waals surface area contributed by atoms with Crippen LogP contribution < -0.4 is 10.1 Å². The molecule has 6 rings (SSSR count). The minimum absolute atomic E-state index is 0.137. The number of ether oxygens (including phenoxy) is 2. The Labute approximate surface area is 197 Å². The van der Waals surface area contributed by atoms with Gasteiger partial charge in [0.1, 0.15) is 24.0 Å². The monoisotopic (exact) mass is 457 g/mol. The van der Waals surface area contributed by atoms with Crippen molar-refractivity contribution in [1.29, 1.82) is 0 Å². The van der Waals surface area contributed by atoms with Crippen LogP contribution in [-0.4, -0.2) is 67.9 Å². The molecule has 34 heavy (non-hydrogen) atoms. The van der Waals surface area contributed by atoms with Crippen molar-refractivity contribution in [3.63, 3.8) is 0 Å². The standard InChI is InChI=1S/C25H27N7O2/c1-16-8-21(23(12-27-16)34-19-9-17-13-33-14-18(10-19)31(17)2)20-4-3-7-32-22(20)11-25(30-32)29-24-5-6-26-15-28-24/h3-8,11-12,15,17-19H,9-10,13-14H2,1-2H3,(H,26,28,29,30). The summed E-state index contributed by atoms with van der Waals surface area (Å²) in [6, 6.07) is 10.8. The van der Waals surface area contributed by atoms with Gasteiger partial charge in [-0.2, -0.15) is 5.10 Å². The lowest BCUT2D eigenvalue weighted by atomic mass is 9.92. The number of anilines is 2. The van der Waals surface area contributed by atoms with E-state index >= 15 is 0 Å². The molecular formula is C25H27N7O2. The number of hydrogen-bond donors (Lipinski definition) is 1. The number of morpholine rings is 1. The fourth-order valence-electron chi connectivity index (χ4n) is 4.97. The zero-order valence-electron chi connectivity index (χ0n) is 19.3. The van der Waals surface area contributed by atoms with Crippen LogP contribution in [0.5, 0.6) is 5.75 Å². The molecule has 0 saturated carbocycles. The molecule has 2 fully saturated rings. The topological polar surface area (TPSA) is 89.7 Å². The summed E-state index contributed by atoms with van der Waals surface area (Å²) in [4.78, 5) is 15.2. The van der Waals surface area contributed by atoms with Gasteiger partial charge in [-0.05, 0) is 32.2 Å². The molecule has 6 heterocycles. The summed E-state index contributed by atoms with van der Waals surface area (Å²) in [5, 5.41) is 7.93. The first-order chi connectivity index (χ1) is 16.6. The molecule has 0 spiro atoms. The highest BCUT2D eigenvalue weighted by Crippen LogP contribution is 2.37. The van der Waals surface area contributed by atoms with E-state index in [2.05, 4.69) is 49.4 Å². The molecule has 2 aliphatic rings. The lowest BCUT2D eigenvalue weighted by Gasteiger charge is -2.46. The maximum Gasteiger partial charge on any atom is 0.154 e. The Morgan fingerprint density at radius 2 is 1.91 bits per heavy atom. The van der Waals surface area contributed by atoms with Gasteiger partial charge >= 0.3 is 0 Å². The van der Waals surface area contributed by atoms with E-state index in [-0.39, 0.29) is 6.10 Å². The van der Waals surface area contributed by atoms with Crippen LogP contribution in [-0.2, 0) is 4.74 Å². The van der Waals surface area contributed by atoms with Gasteiger partial charge in [0, 0.05) is 60.2 Å². The first-order valence-corrected chi connectivity index (χ1v) is 11.6. The highest BCUT2D eigenvalue weighted by atomic mass is 16.5. The van der Waals surface area contributed by atoms with E-state index in [4.69, 9.17) is 9.47 Å². The number of fused-ring (bicyclic) bond motifs is 3. The van der Waals surface area contributed by atoms with Crippen molar-refractivity contribution in [2.75, 3.05) is 25.6 Å². The maximum atomic E-state index is 6.62. The average molecular weight is 458 g/mol. The second-order valence-electron chi connectivity index (χ2n) is 9.04. The Bertz CT molecular complexity index is 1300. The predicted octanol–water partition coefficient (Wildman–Crippen LogP) is 3.48. The van der Waals surface area contributed by atoms with Crippen LogP contribution in [0, 0.1) is 6.92 Å². The summed E-state index contributed by atoms with van der Waals surface area (Å²) in [6.07, 6.45) is 9.04. The van der Waals surface area contributed by atoms with Crippen molar-refractivity contribution in [3.8, 4) is 16.9 Å². The lowest BCUT2D eigenvalue weighted by molar-refractivity contribution is -0.0879. The summed E-state index contributed by atoms with van der Waals surface area (Å²) in [5.41, 5.74) is 3.98. The Morgan fingerprint density at radius 3 is 2.71 bits per heavy atom. The number of piperidine rings is 1. The summed E-state index contributed by atoms with van der Waals surface area (Å²) < 4.78 is 14.3. The van der Waals surface area contributed by atoms with Gasteiger partial charge in [0.2, 0.25) is 0 Å². The molecule has 4 aromatic rings. The van der Waals surface area contributed by atoms with Crippen molar-refractivity contribution >= 4 is 17.2 Å². The van der Waals surface area contributed by atoms with E-state index < -0.39 is 0 Å². The van der Waals surface area contributed by atoms with Gasteiger partial charge in [0.25, 0.3) is 0 Å². The van der Waals surface area contributed by atoms with Gasteiger partial charge < -0.3 is 14.8 Å². The van der Waals surface area contributed by atoms with Crippen molar-refractivity contribution in [3.05, 3.63) is 60.9 Å². The van der Waals surface area contributed by atoms with Gasteiger partial charge in [-0.3, -0.25) is 9.88 Å². The van der Waals surface area contributed by atoms with Crippen LogP contribution >= 0.6 is 0 Å². The number of nitrogens with zero attached hydrogens (tertiary/aromatic N) is 6. The van der Waals surface area contributed by atoms with Crippen molar-refractivity contribution in [1.82, 2.24) is 29.5 Å². The van der Waals surface area contributed by atoms with Crippen LogP contribution in [0.25, 0.3) is 16.6 Å². The highest BCUT2D eigenvalue weighted by Gasteiger charge is 2.38. The molecule has 9 nitrogen and oxygen atoms in total. The van der Waals surface area contributed by atoms with Crippen LogP contribution in [0.15, 0.2) is 55.2 Å². The highest BCUT2D eigenvalue weighted by molar-refractivity contribution is 5.85. The van der Waals surface area contributed by atoms with Gasteiger partial charge in [-0.15, -0.1) is 0 Å². The molecule has 174 valence electrons. The molecule has 0 aromatic carbocycles. The average Bonchev–Trinajstić information content (AvgIpc) is 3.24.